The van der Waals surface area contributed by atoms with Crippen LogP contribution in [0.25, 0.3) is 33.4 Å². The van der Waals surface area contributed by atoms with Gasteiger partial charge in [-0.25, -0.2) is 4.98 Å². The zero-order valence-corrected chi connectivity index (χ0v) is 20.2. The van der Waals surface area contributed by atoms with E-state index in [2.05, 4.69) is 30.2 Å². The van der Waals surface area contributed by atoms with Crippen LogP contribution in [0.4, 0.5) is 5.95 Å². The third-order valence-corrected chi connectivity index (χ3v) is 5.87. The van der Waals surface area contributed by atoms with Crippen molar-refractivity contribution in [3.05, 3.63) is 63.9 Å². The molecule has 4 heterocycles. The molecule has 1 aromatic carbocycles. The minimum atomic E-state index is -0.265. The van der Waals surface area contributed by atoms with Crippen molar-refractivity contribution in [2.75, 3.05) is 18.5 Å². The van der Waals surface area contributed by atoms with E-state index in [-0.39, 0.29) is 11.6 Å². The van der Waals surface area contributed by atoms with Crippen LogP contribution in [0.2, 0.25) is 5.02 Å². The minimum Gasteiger partial charge on any atom is -0.381 e. The van der Waals surface area contributed by atoms with Gasteiger partial charge in [-0.2, -0.15) is 4.98 Å². The van der Waals surface area contributed by atoms with E-state index in [0.717, 1.165) is 48.4 Å². The zero-order valence-electron chi connectivity index (χ0n) is 19.4. The maximum absolute atomic E-state index is 12.9. The monoisotopic (exact) mass is 478 g/mol. The largest absolute Gasteiger partial charge is 0.381 e. The summed E-state index contributed by atoms with van der Waals surface area (Å²) in [5.74, 6) is 0.495. The molecule has 8 nitrogen and oxygen atoms in total. The Hall–Kier alpha value is -3.36. The van der Waals surface area contributed by atoms with Crippen molar-refractivity contribution in [2.45, 2.75) is 39.7 Å². The van der Waals surface area contributed by atoms with E-state index in [0.29, 0.717) is 27.7 Å². The fourth-order valence-corrected chi connectivity index (χ4v) is 4.14. The molecule has 0 radical (unpaired) electrons. The van der Waals surface area contributed by atoms with Crippen molar-refractivity contribution in [1.82, 2.24) is 24.9 Å². The van der Waals surface area contributed by atoms with Crippen molar-refractivity contribution in [2.24, 2.45) is 0 Å². The molecule has 0 saturated carbocycles. The predicted octanol–water partition coefficient (Wildman–Crippen LogP) is 5.02. The standard InChI is InChI=1S/C23H21ClN6O2.C2H6/c1-13-20(26-7-6-25-13)14-2-3-17(19(24)11-14)18-10-15-12-27-23(30-21(15)29-22(18)31)28-16-4-8-32-9-5-16;1-2/h2-3,6-7,10-12,16H,4-5,8-9H2,1H3,(H2,27,28,29,30,31);1-2H3. The number of aryl methyl sites for hydroxylation is 1. The first-order valence-corrected chi connectivity index (χ1v) is 11.8. The predicted molar refractivity (Wildman–Crippen MR) is 135 cm³/mol. The van der Waals surface area contributed by atoms with E-state index < -0.39 is 0 Å². The normalized spacial score (nSPS) is 13.9. The molecule has 5 rings (SSSR count). The molecule has 1 aliphatic rings. The Bertz CT molecular complexity index is 1350. The second kappa shape index (κ2) is 10.7. The van der Waals surface area contributed by atoms with Gasteiger partial charge in [0.2, 0.25) is 5.95 Å². The summed E-state index contributed by atoms with van der Waals surface area (Å²) in [6.07, 6.45) is 6.80. The molecule has 3 aromatic heterocycles. The molecule has 176 valence electrons. The molecule has 0 atom stereocenters. The first kappa shape index (κ1) is 23.8. The maximum Gasteiger partial charge on any atom is 0.257 e. The number of H-pyrrole nitrogens is 1. The molecule has 34 heavy (non-hydrogen) atoms. The fraction of sp³-hybridized carbons (Fsp3) is 0.320. The summed E-state index contributed by atoms with van der Waals surface area (Å²) >= 11 is 6.57. The highest BCUT2D eigenvalue weighted by molar-refractivity contribution is 6.33. The summed E-state index contributed by atoms with van der Waals surface area (Å²) in [4.78, 5) is 33.3. The van der Waals surface area contributed by atoms with Crippen molar-refractivity contribution in [3.8, 4) is 22.4 Å². The van der Waals surface area contributed by atoms with Gasteiger partial charge in [0, 0.05) is 64.9 Å². The molecule has 1 saturated heterocycles. The lowest BCUT2D eigenvalue weighted by molar-refractivity contribution is 0.0903. The number of rotatable bonds is 4. The SMILES string of the molecule is CC.Cc1nccnc1-c1ccc(-c2cc3cnc(NC4CCOCC4)nc3[nH]c2=O)c(Cl)c1. The Morgan fingerprint density at radius 2 is 1.82 bits per heavy atom. The third-order valence-electron chi connectivity index (χ3n) is 5.56. The van der Waals surface area contributed by atoms with Gasteiger partial charge in [-0.15, -0.1) is 0 Å². The topological polar surface area (TPSA) is 106 Å². The van der Waals surface area contributed by atoms with Crippen molar-refractivity contribution >= 4 is 28.6 Å². The summed E-state index contributed by atoms with van der Waals surface area (Å²) in [6.45, 7) is 7.34. The average molecular weight is 479 g/mol. The Balaban J connectivity index is 0.00000133. The van der Waals surface area contributed by atoms with Gasteiger partial charge in [0.15, 0.2) is 0 Å². The average Bonchev–Trinajstić information content (AvgIpc) is 2.86. The van der Waals surface area contributed by atoms with E-state index in [1.807, 2.05) is 32.9 Å². The molecule has 0 unspecified atom stereocenters. The molecular formula is C25H27ClN6O2. The zero-order chi connectivity index (χ0) is 24.1. The van der Waals surface area contributed by atoms with E-state index in [4.69, 9.17) is 16.3 Å². The van der Waals surface area contributed by atoms with Crippen LogP contribution in [0.15, 0.2) is 47.7 Å². The van der Waals surface area contributed by atoms with Crippen LogP contribution >= 0.6 is 11.6 Å². The number of halogens is 1. The first-order chi connectivity index (χ1) is 16.6. The van der Waals surface area contributed by atoms with Crippen LogP contribution in [-0.2, 0) is 4.74 Å². The molecular weight excluding hydrogens is 452 g/mol. The second-order valence-electron chi connectivity index (χ2n) is 7.73. The lowest BCUT2D eigenvalue weighted by Crippen LogP contribution is -2.28. The number of benzene rings is 1. The Labute approximate surface area is 202 Å². The number of fused-ring (bicyclic) bond motifs is 1. The quantitative estimate of drug-likeness (QED) is 0.424. The number of aromatic amines is 1. The van der Waals surface area contributed by atoms with Crippen LogP contribution in [0.3, 0.4) is 0 Å². The summed E-state index contributed by atoms with van der Waals surface area (Å²) in [7, 11) is 0. The number of hydrogen-bond acceptors (Lipinski definition) is 7. The number of anilines is 1. The summed E-state index contributed by atoms with van der Waals surface area (Å²) in [5, 5.41) is 4.50. The molecule has 2 N–H and O–H groups in total. The number of nitrogens with one attached hydrogen (secondary N) is 2. The highest BCUT2D eigenvalue weighted by Crippen LogP contribution is 2.31. The Morgan fingerprint density at radius 1 is 1.06 bits per heavy atom. The van der Waals surface area contributed by atoms with E-state index in [9.17, 15) is 4.79 Å². The lowest BCUT2D eigenvalue weighted by Gasteiger charge is -2.23. The molecule has 0 spiro atoms. The van der Waals surface area contributed by atoms with Gasteiger partial charge in [-0.05, 0) is 31.9 Å². The number of nitrogens with zero attached hydrogens (tertiary/aromatic N) is 4. The van der Waals surface area contributed by atoms with Crippen LogP contribution in [0.5, 0.6) is 0 Å². The highest BCUT2D eigenvalue weighted by Gasteiger charge is 2.16. The summed E-state index contributed by atoms with van der Waals surface area (Å²) < 4.78 is 5.38. The van der Waals surface area contributed by atoms with Gasteiger partial charge in [0.05, 0.1) is 11.4 Å². The van der Waals surface area contributed by atoms with Gasteiger partial charge < -0.3 is 15.0 Å². The molecule has 0 bridgehead atoms. The molecule has 0 amide bonds. The van der Waals surface area contributed by atoms with Crippen LogP contribution in [0.1, 0.15) is 32.4 Å². The number of pyridine rings is 1. The number of hydrogen-bond donors (Lipinski definition) is 2. The van der Waals surface area contributed by atoms with E-state index in [1.165, 1.54) is 0 Å². The van der Waals surface area contributed by atoms with Crippen molar-refractivity contribution in [3.63, 3.8) is 0 Å². The summed E-state index contributed by atoms with van der Waals surface area (Å²) in [6, 6.07) is 7.54. The van der Waals surface area contributed by atoms with Crippen LogP contribution < -0.4 is 10.9 Å². The van der Waals surface area contributed by atoms with Crippen molar-refractivity contribution in [1.29, 1.82) is 0 Å². The van der Waals surface area contributed by atoms with E-state index in [1.54, 1.807) is 30.7 Å². The smallest absolute Gasteiger partial charge is 0.257 e. The van der Waals surface area contributed by atoms with Gasteiger partial charge in [-0.1, -0.05) is 37.6 Å². The molecule has 4 aromatic rings. The molecule has 1 fully saturated rings. The number of ether oxygens (including phenoxy) is 1. The first-order valence-electron chi connectivity index (χ1n) is 11.4. The minimum absolute atomic E-state index is 0.265. The molecule has 0 aliphatic carbocycles. The van der Waals surface area contributed by atoms with E-state index >= 15 is 0 Å². The molecule has 1 aliphatic heterocycles. The number of aromatic nitrogens is 5. The van der Waals surface area contributed by atoms with Crippen LogP contribution in [0, 0.1) is 6.92 Å². The van der Waals surface area contributed by atoms with Crippen LogP contribution in [-0.4, -0.2) is 44.2 Å². The Kier molecular flexibility index (Phi) is 7.49. The maximum atomic E-state index is 12.9. The second-order valence-corrected chi connectivity index (χ2v) is 8.13. The van der Waals surface area contributed by atoms with Gasteiger partial charge in [0.1, 0.15) is 5.65 Å². The Morgan fingerprint density at radius 3 is 2.56 bits per heavy atom. The van der Waals surface area contributed by atoms with Gasteiger partial charge >= 0.3 is 0 Å². The van der Waals surface area contributed by atoms with Crippen molar-refractivity contribution < 1.29 is 4.74 Å². The highest BCUT2D eigenvalue weighted by atomic mass is 35.5. The summed E-state index contributed by atoms with van der Waals surface area (Å²) in [5.41, 5.74) is 3.70. The third kappa shape index (κ3) is 5.08. The fourth-order valence-electron chi connectivity index (χ4n) is 3.86. The molecule has 9 heteroatoms. The van der Waals surface area contributed by atoms with Gasteiger partial charge in [0.25, 0.3) is 5.56 Å². The lowest BCUT2D eigenvalue weighted by atomic mass is 10.0. The van der Waals surface area contributed by atoms with Gasteiger partial charge in [-0.3, -0.25) is 14.8 Å².